The van der Waals surface area contributed by atoms with E-state index >= 15 is 0 Å². The number of aryl methyl sites for hydroxylation is 2. The average Bonchev–Trinajstić information content (AvgIpc) is 2.78. The molecule has 0 aliphatic heterocycles. The molecule has 0 aliphatic rings. The van der Waals surface area contributed by atoms with Crippen LogP contribution in [-0.2, 0) is 11.0 Å². The summed E-state index contributed by atoms with van der Waals surface area (Å²) in [5, 5.41) is 6.55. The zero-order valence-corrected chi connectivity index (χ0v) is 18.5. The van der Waals surface area contributed by atoms with Crippen molar-refractivity contribution in [1.29, 1.82) is 0 Å². The van der Waals surface area contributed by atoms with Gasteiger partial charge in [0, 0.05) is 16.8 Å². The molecule has 1 heterocycles. The van der Waals surface area contributed by atoms with E-state index in [1.807, 2.05) is 32.0 Å². The van der Waals surface area contributed by atoms with Crippen molar-refractivity contribution in [1.82, 2.24) is 4.98 Å². The van der Waals surface area contributed by atoms with E-state index < -0.39 is 11.7 Å². The molecule has 0 unspecified atom stereocenters. The quantitative estimate of drug-likeness (QED) is 0.335. The van der Waals surface area contributed by atoms with Gasteiger partial charge in [0.15, 0.2) is 6.61 Å². The minimum absolute atomic E-state index is 0.126. The molecular weight excluding hydrogens is 443 g/mol. The zero-order valence-electron chi connectivity index (χ0n) is 18.5. The number of aromatic nitrogens is 1. The molecule has 2 N–H and O–H groups in total. The van der Waals surface area contributed by atoms with Gasteiger partial charge in [0.25, 0.3) is 5.91 Å². The second-order valence-electron chi connectivity index (χ2n) is 7.91. The van der Waals surface area contributed by atoms with Crippen LogP contribution in [0.2, 0.25) is 0 Å². The SMILES string of the molecule is Cc1cccc(OCC(=O)Nc2ccc3nc(Nc4cccc(C(F)(F)F)c4)cc(C)c3c2)c1. The molecule has 3 aromatic carbocycles. The number of pyridine rings is 1. The van der Waals surface area contributed by atoms with Gasteiger partial charge < -0.3 is 15.4 Å². The second-order valence-corrected chi connectivity index (χ2v) is 7.91. The minimum Gasteiger partial charge on any atom is -0.484 e. The molecule has 0 fully saturated rings. The minimum atomic E-state index is -4.42. The molecule has 0 spiro atoms. The number of hydrogen-bond acceptors (Lipinski definition) is 4. The number of fused-ring (bicyclic) bond motifs is 1. The number of hydrogen-bond donors (Lipinski definition) is 2. The van der Waals surface area contributed by atoms with E-state index in [0.29, 0.717) is 28.5 Å². The first-order valence-corrected chi connectivity index (χ1v) is 10.5. The van der Waals surface area contributed by atoms with Gasteiger partial charge in [0.1, 0.15) is 11.6 Å². The van der Waals surface area contributed by atoms with Crippen LogP contribution >= 0.6 is 0 Å². The Kier molecular flexibility index (Phi) is 6.40. The molecule has 1 aromatic heterocycles. The number of carbonyl (C=O) groups excluding carboxylic acids is 1. The van der Waals surface area contributed by atoms with Crippen LogP contribution in [-0.4, -0.2) is 17.5 Å². The van der Waals surface area contributed by atoms with Gasteiger partial charge in [0.05, 0.1) is 11.1 Å². The molecule has 34 heavy (non-hydrogen) atoms. The molecule has 4 rings (SSSR count). The zero-order chi connectivity index (χ0) is 24.3. The van der Waals surface area contributed by atoms with Crippen LogP contribution in [0, 0.1) is 13.8 Å². The summed E-state index contributed by atoms with van der Waals surface area (Å²) in [6.07, 6.45) is -4.42. The lowest BCUT2D eigenvalue weighted by molar-refractivity contribution is -0.137. The number of nitrogens with one attached hydrogen (secondary N) is 2. The number of rotatable bonds is 6. The van der Waals surface area contributed by atoms with E-state index in [9.17, 15) is 18.0 Å². The van der Waals surface area contributed by atoms with E-state index in [1.165, 1.54) is 6.07 Å². The number of ether oxygens (including phenoxy) is 1. The number of carbonyl (C=O) groups is 1. The summed E-state index contributed by atoms with van der Waals surface area (Å²) in [5.41, 5.74) is 2.68. The molecule has 0 bridgehead atoms. The van der Waals surface area contributed by atoms with Crippen molar-refractivity contribution >= 4 is 34.0 Å². The van der Waals surface area contributed by atoms with Crippen molar-refractivity contribution in [3.05, 3.63) is 89.5 Å². The van der Waals surface area contributed by atoms with Crippen LogP contribution < -0.4 is 15.4 Å². The van der Waals surface area contributed by atoms with Crippen molar-refractivity contribution in [3.8, 4) is 5.75 Å². The molecule has 0 atom stereocenters. The monoisotopic (exact) mass is 465 g/mol. The maximum atomic E-state index is 13.0. The van der Waals surface area contributed by atoms with Gasteiger partial charge in [-0.05, 0) is 79.6 Å². The molecular formula is C26H22F3N3O2. The molecule has 0 aliphatic carbocycles. The van der Waals surface area contributed by atoms with Gasteiger partial charge in [-0.25, -0.2) is 4.98 Å². The molecule has 4 aromatic rings. The number of benzene rings is 3. The fourth-order valence-corrected chi connectivity index (χ4v) is 3.51. The molecule has 5 nitrogen and oxygen atoms in total. The van der Waals surface area contributed by atoms with Crippen molar-refractivity contribution < 1.29 is 22.7 Å². The molecule has 174 valence electrons. The lowest BCUT2D eigenvalue weighted by Gasteiger charge is -2.13. The Balaban J connectivity index is 1.47. The molecule has 8 heteroatoms. The smallest absolute Gasteiger partial charge is 0.416 e. The Morgan fingerprint density at radius 3 is 2.50 bits per heavy atom. The Labute approximate surface area is 194 Å². The third-order valence-electron chi connectivity index (χ3n) is 5.12. The highest BCUT2D eigenvalue weighted by Gasteiger charge is 2.30. The number of alkyl halides is 3. The molecule has 0 radical (unpaired) electrons. The normalized spacial score (nSPS) is 11.3. The van der Waals surface area contributed by atoms with Crippen LogP contribution in [0.1, 0.15) is 16.7 Å². The highest BCUT2D eigenvalue weighted by atomic mass is 19.4. The maximum Gasteiger partial charge on any atom is 0.416 e. The first-order chi connectivity index (χ1) is 16.2. The van der Waals surface area contributed by atoms with E-state index in [4.69, 9.17) is 4.74 Å². The summed E-state index contributed by atoms with van der Waals surface area (Å²) < 4.78 is 44.5. The van der Waals surface area contributed by atoms with E-state index in [0.717, 1.165) is 28.6 Å². The number of anilines is 3. The van der Waals surface area contributed by atoms with E-state index in [1.54, 1.807) is 36.4 Å². The van der Waals surface area contributed by atoms with Crippen LogP contribution in [0.25, 0.3) is 10.9 Å². The van der Waals surface area contributed by atoms with Crippen molar-refractivity contribution in [2.24, 2.45) is 0 Å². The number of halogens is 3. The topological polar surface area (TPSA) is 63.2 Å². The molecule has 0 saturated heterocycles. The van der Waals surface area contributed by atoms with Gasteiger partial charge in [-0.3, -0.25) is 4.79 Å². The first-order valence-electron chi connectivity index (χ1n) is 10.5. The van der Waals surface area contributed by atoms with Gasteiger partial charge >= 0.3 is 6.18 Å². The Hall–Kier alpha value is -4.07. The molecule has 0 saturated carbocycles. The standard InChI is InChI=1S/C26H22F3N3O2/c1-16-5-3-8-21(11-16)34-15-25(33)31-20-9-10-23-22(14-20)17(2)12-24(32-23)30-19-7-4-6-18(13-19)26(27,28)29/h3-14H,15H2,1-2H3,(H,30,32)(H,31,33). The second kappa shape index (κ2) is 9.43. The van der Waals surface area contributed by atoms with Crippen LogP contribution in [0.3, 0.4) is 0 Å². The summed E-state index contributed by atoms with van der Waals surface area (Å²) in [6.45, 7) is 3.69. The van der Waals surface area contributed by atoms with Gasteiger partial charge in [-0.15, -0.1) is 0 Å². The Bertz CT molecular complexity index is 1350. The highest BCUT2D eigenvalue weighted by molar-refractivity contribution is 5.95. The van der Waals surface area contributed by atoms with Crippen LogP contribution in [0.4, 0.5) is 30.4 Å². The average molecular weight is 465 g/mol. The highest BCUT2D eigenvalue weighted by Crippen LogP contribution is 2.32. The fourth-order valence-electron chi connectivity index (χ4n) is 3.51. The summed E-state index contributed by atoms with van der Waals surface area (Å²) in [4.78, 5) is 16.8. The fraction of sp³-hybridized carbons (Fsp3) is 0.154. The Morgan fingerprint density at radius 2 is 1.74 bits per heavy atom. The lowest BCUT2D eigenvalue weighted by Crippen LogP contribution is -2.20. The summed E-state index contributed by atoms with van der Waals surface area (Å²) >= 11 is 0. The number of amides is 1. The van der Waals surface area contributed by atoms with E-state index in [2.05, 4.69) is 15.6 Å². The maximum absolute atomic E-state index is 13.0. The summed E-state index contributed by atoms with van der Waals surface area (Å²) in [5.74, 6) is 0.747. The molecule has 1 amide bonds. The van der Waals surface area contributed by atoms with Gasteiger partial charge in [-0.2, -0.15) is 13.2 Å². The predicted octanol–water partition coefficient (Wildman–Crippen LogP) is 6.63. The third-order valence-corrected chi connectivity index (χ3v) is 5.12. The summed E-state index contributed by atoms with van der Waals surface area (Å²) in [6, 6.07) is 19.4. The lowest BCUT2D eigenvalue weighted by atomic mass is 10.1. The largest absolute Gasteiger partial charge is 0.484 e. The van der Waals surface area contributed by atoms with Gasteiger partial charge in [0.2, 0.25) is 0 Å². The van der Waals surface area contributed by atoms with Gasteiger partial charge in [-0.1, -0.05) is 18.2 Å². The first kappa shape index (κ1) is 23.1. The van der Waals surface area contributed by atoms with E-state index in [-0.39, 0.29) is 12.5 Å². The van der Waals surface area contributed by atoms with Crippen LogP contribution in [0.5, 0.6) is 5.75 Å². The van der Waals surface area contributed by atoms with Crippen molar-refractivity contribution in [2.75, 3.05) is 17.2 Å². The number of nitrogens with zero attached hydrogens (tertiary/aromatic N) is 1. The third kappa shape index (κ3) is 5.64. The van der Waals surface area contributed by atoms with Crippen LogP contribution in [0.15, 0.2) is 72.8 Å². The van der Waals surface area contributed by atoms with Crippen molar-refractivity contribution in [3.63, 3.8) is 0 Å². The predicted molar refractivity (Wildman–Crippen MR) is 127 cm³/mol. The summed E-state index contributed by atoms with van der Waals surface area (Å²) in [7, 11) is 0. The Morgan fingerprint density at radius 1 is 0.941 bits per heavy atom. The van der Waals surface area contributed by atoms with Crippen molar-refractivity contribution in [2.45, 2.75) is 20.0 Å².